The first kappa shape index (κ1) is 15.4. The number of carboxylic acids is 1. The Balaban J connectivity index is 2.17. The molecule has 1 N–H and O–H groups in total. The second-order valence-corrected chi connectivity index (χ2v) is 7.53. The molecular weight excluding hydrogens is 272 g/mol. The number of rotatable bonds is 4. The van der Waals surface area contributed by atoms with Crippen LogP contribution in [0.2, 0.25) is 0 Å². The van der Waals surface area contributed by atoms with Crippen LogP contribution < -0.4 is 0 Å². The van der Waals surface area contributed by atoms with Crippen molar-refractivity contribution in [1.29, 1.82) is 0 Å². The Morgan fingerprint density at radius 2 is 2.25 bits per heavy atom. The molecule has 1 aromatic heterocycles. The van der Waals surface area contributed by atoms with Crippen molar-refractivity contribution in [2.45, 2.75) is 64.5 Å². The lowest BCUT2D eigenvalue weighted by molar-refractivity contribution is -0.150. The smallest absolute Gasteiger partial charge is 0.324 e. The number of aromatic nitrogens is 1. The molecule has 1 aromatic rings. The molecule has 112 valence electrons. The molecule has 5 heteroatoms. The molecule has 0 aliphatic carbocycles. The number of carbonyl (C=O) groups is 1. The van der Waals surface area contributed by atoms with Gasteiger partial charge >= 0.3 is 5.97 Å². The normalized spacial score (nSPS) is 24.2. The van der Waals surface area contributed by atoms with Gasteiger partial charge in [0.1, 0.15) is 10.5 Å². The van der Waals surface area contributed by atoms with Gasteiger partial charge in [-0.15, -0.1) is 11.3 Å². The van der Waals surface area contributed by atoms with Gasteiger partial charge in [-0.1, -0.05) is 27.7 Å². The molecule has 1 fully saturated rings. The number of carboxylic acid groups (broad SMARTS) is 1. The molecule has 1 unspecified atom stereocenters. The van der Waals surface area contributed by atoms with Crippen LogP contribution in [0.5, 0.6) is 0 Å². The van der Waals surface area contributed by atoms with E-state index in [-0.39, 0.29) is 5.41 Å². The van der Waals surface area contributed by atoms with E-state index >= 15 is 0 Å². The molecule has 4 nitrogen and oxygen atoms in total. The van der Waals surface area contributed by atoms with Gasteiger partial charge in [0.2, 0.25) is 0 Å². The summed E-state index contributed by atoms with van der Waals surface area (Å²) in [7, 11) is 0. The quantitative estimate of drug-likeness (QED) is 0.926. The van der Waals surface area contributed by atoms with Gasteiger partial charge in [0, 0.05) is 10.8 Å². The van der Waals surface area contributed by atoms with Crippen LogP contribution in [0.4, 0.5) is 0 Å². The molecule has 0 spiro atoms. The highest BCUT2D eigenvalue weighted by Gasteiger charge is 2.46. The molecule has 1 aliphatic rings. The Hall–Kier alpha value is -0.940. The maximum atomic E-state index is 11.7. The van der Waals surface area contributed by atoms with Gasteiger partial charge in [0.05, 0.1) is 12.2 Å². The van der Waals surface area contributed by atoms with E-state index in [1.165, 1.54) is 0 Å². The van der Waals surface area contributed by atoms with E-state index in [9.17, 15) is 9.90 Å². The summed E-state index contributed by atoms with van der Waals surface area (Å²) in [6.45, 7) is 9.92. The summed E-state index contributed by atoms with van der Waals surface area (Å²) in [5.74, 6) is -0.690. The Morgan fingerprint density at radius 3 is 2.75 bits per heavy atom. The average molecular weight is 296 g/mol. The summed E-state index contributed by atoms with van der Waals surface area (Å²) in [6, 6.07) is 0. The summed E-state index contributed by atoms with van der Waals surface area (Å²) in [5, 5.41) is 12.7. The van der Waals surface area contributed by atoms with Crippen molar-refractivity contribution in [3.05, 3.63) is 16.1 Å². The lowest BCUT2D eigenvalue weighted by Gasteiger charge is -2.33. The van der Waals surface area contributed by atoms with Gasteiger partial charge in [-0.2, -0.15) is 0 Å². The minimum absolute atomic E-state index is 0.0500. The molecule has 2 rings (SSSR count). The molecule has 1 aliphatic heterocycles. The van der Waals surface area contributed by atoms with Crippen molar-refractivity contribution in [1.82, 2.24) is 9.88 Å². The van der Waals surface area contributed by atoms with E-state index in [1.807, 2.05) is 6.92 Å². The lowest BCUT2D eigenvalue weighted by Crippen LogP contribution is -2.49. The van der Waals surface area contributed by atoms with Gasteiger partial charge in [-0.3, -0.25) is 9.69 Å². The maximum absolute atomic E-state index is 11.7. The highest BCUT2D eigenvalue weighted by atomic mass is 32.1. The van der Waals surface area contributed by atoms with Crippen molar-refractivity contribution in [2.24, 2.45) is 0 Å². The standard InChI is InChI=1S/C15H24N2O2S/c1-5-15(13(18)19)7-6-8-17(15)9-12-16-11(10-20-12)14(2,3)4/h10H,5-9H2,1-4H3,(H,18,19). The number of nitrogens with zero attached hydrogens (tertiary/aromatic N) is 2. The largest absolute Gasteiger partial charge is 0.480 e. The molecule has 0 aromatic carbocycles. The summed E-state index contributed by atoms with van der Waals surface area (Å²) in [6.07, 6.45) is 2.35. The zero-order valence-corrected chi connectivity index (χ0v) is 13.6. The maximum Gasteiger partial charge on any atom is 0.324 e. The predicted octanol–water partition coefficient (Wildman–Crippen LogP) is 3.27. The summed E-state index contributed by atoms with van der Waals surface area (Å²) < 4.78 is 0. The van der Waals surface area contributed by atoms with Crippen LogP contribution in [-0.2, 0) is 16.8 Å². The van der Waals surface area contributed by atoms with Crippen molar-refractivity contribution >= 4 is 17.3 Å². The number of thiazole rings is 1. The third-order valence-electron chi connectivity index (χ3n) is 4.25. The van der Waals surface area contributed by atoms with Crippen LogP contribution in [0.1, 0.15) is 57.7 Å². The predicted molar refractivity (Wildman–Crippen MR) is 81.1 cm³/mol. The fourth-order valence-corrected chi connectivity index (χ4v) is 3.89. The molecule has 0 radical (unpaired) electrons. The fraction of sp³-hybridized carbons (Fsp3) is 0.733. The second kappa shape index (κ2) is 5.45. The monoisotopic (exact) mass is 296 g/mol. The van der Waals surface area contributed by atoms with Gasteiger partial charge < -0.3 is 5.11 Å². The Kier molecular flexibility index (Phi) is 4.21. The van der Waals surface area contributed by atoms with E-state index in [1.54, 1.807) is 11.3 Å². The third-order valence-corrected chi connectivity index (χ3v) is 5.09. The van der Waals surface area contributed by atoms with Gasteiger partial charge in [0.15, 0.2) is 0 Å². The first-order chi connectivity index (χ1) is 9.29. The molecular formula is C15H24N2O2S. The van der Waals surface area contributed by atoms with Crippen LogP contribution in [0.15, 0.2) is 5.38 Å². The first-order valence-corrected chi connectivity index (χ1v) is 8.11. The van der Waals surface area contributed by atoms with Crippen molar-refractivity contribution < 1.29 is 9.90 Å². The Morgan fingerprint density at radius 1 is 1.55 bits per heavy atom. The second-order valence-electron chi connectivity index (χ2n) is 6.59. The highest BCUT2D eigenvalue weighted by Crippen LogP contribution is 2.35. The molecule has 1 atom stereocenters. The molecule has 2 heterocycles. The van der Waals surface area contributed by atoms with Crippen molar-refractivity contribution in [3.8, 4) is 0 Å². The van der Waals surface area contributed by atoms with Gasteiger partial charge in [-0.05, 0) is 25.8 Å². The van der Waals surface area contributed by atoms with Crippen LogP contribution in [-0.4, -0.2) is 33.0 Å². The summed E-state index contributed by atoms with van der Waals surface area (Å²) in [5.41, 5.74) is 0.455. The van der Waals surface area contributed by atoms with E-state index in [4.69, 9.17) is 0 Å². The number of hydrogen-bond acceptors (Lipinski definition) is 4. The SMILES string of the molecule is CCC1(C(=O)O)CCCN1Cc1nc(C(C)(C)C)cs1. The highest BCUT2D eigenvalue weighted by molar-refractivity contribution is 7.09. The summed E-state index contributed by atoms with van der Waals surface area (Å²) in [4.78, 5) is 18.4. The molecule has 20 heavy (non-hydrogen) atoms. The average Bonchev–Trinajstić information content (AvgIpc) is 2.96. The zero-order valence-electron chi connectivity index (χ0n) is 12.8. The van der Waals surface area contributed by atoms with E-state index < -0.39 is 11.5 Å². The Labute approximate surface area is 124 Å². The van der Waals surface area contributed by atoms with E-state index in [0.29, 0.717) is 13.0 Å². The van der Waals surface area contributed by atoms with Crippen LogP contribution in [0.3, 0.4) is 0 Å². The van der Waals surface area contributed by atoms with E-state index in [2.05, 4.69) is 36.0 Å². The van der Waals surface area contributed by atoms with Crippen LogP contribution >= 0.6 is 11.3 Å². The Bertz CT molecular complexity index is 492. The minimum Gasteiger partial charge on any atom is -0.480 e. The van der Waals surface area contributed by atoms with Crippen LogP contribution in [0.25, 0.3) is 0 Å². The summed E-state index contributed by atoms with van der Waals surface area (Å²) >= 11 is 1.64. The number of aliphatic carboxylic acids is 1. The fourth-order valence-electron chi connectivity index (χ4n) is 2.85. The topological polar surface area (TPSA) is 53.4 Å². The van der Waals surface area contributed by atoms with Crippen LogP contribution in [0, 0.1) is 0 Å². The zero-order chi connectivity index (χ0) is 15.0. The third kappa shape index (κ3) is 2.74. The number of hydrogen-bond donors (Lipinski definition) is 1. The van der Waals surface area contributed by atoms with Gasteiger partial charge in [0.25, 0.3) is 0 Å². The minimum atomic E-state index is -0.690. The molecule has 0 bridgehead atoms. The lowest BCUT2D eigenvalue weighted by atomic mass is 9.93. The number of likely N-dealkylation sites (tertiary alicyclic amines) is 1. The van der Waals surface area contributed by atoms with Gasteiger partial charge in [-0.25, -0.2) is 4.98 Å². The molecule has 0 saturated carbocycles. The van der Waals surface area contributed by atoms with E-state index in [0.717, 1.165) is 30.1 Å². The first-order valence-electron chi connectivity index (χ1n) is 7.23. The van der Waals surface area contributed by atoms with Crippen molar-refractivity contribution in [3.63, 3.8) is 0 Å². The van der Waals surface area contributed by atoms with Crippen molar-refractivity contribution in [2.75, 3.05) is 6.54 Å². The molecule has 0 amide bonds. The molecule has 1 saturated heterocycles.